The van der Waals surface area contributed by atoms with Crippen molar-refractivity contribution in [2.75, 3.05) is 13.1 Å². The maximum atomic E-state index is 12.9. The molecule has 2 heterocycles. The molecule has 1 aromatic heterocycles. The van der Waals surface area contributed by atoms with Gasteiger partial charge < -0.3 is 15.1 Å². The standard InChI is InChI=1S/C13H15F3N2O2/c1-7-10(9(5-20-7)13(14,15)16)11(19)18-4-8-2-3-12(8,17)6-18/h5,8H,2-4,6,17H2,1H3/t8-,12-/m0/s1. The molecule has 1 amide bonds. The molecule has 3 rings (SSSR count). The predicted molar refractivity (Wildman–Crippen MR) is 64.0 cm³/mol. The highest BCUT2D eigenvalue weighted by Gasteiger charge is 2.52. The molecule has 4 nitrogen and oxygen atoms in total. The first kappa shape index (κ1) is 13.5. The second kappa shape index (κ2) is 4.00. The third kappa shape index (κ3) is 1.83. The lowest BCUT2D eigenvalue weighted by Crippen LogP contribution is -2.54. The Kier molecular flexibility index (Phi) is 2.70. The second-order valence-electron chi connectivity index (χ2n) is 5.73. The van der Waals surface area contributed by atoms with Crippen molar-refractivity contribution >= 4 is 5.91 Å². The number of furan rings is 1. The highest BCUT2D eigenvalue weighted by atomic mass is 19.4. The van der Waals surface area contributed by atoms with Crippen LogP contribution in [0.3, 0.4) is 0 Å². The minimum atomic E-state index is -4.60. The first-order chi connectivity index (χ1) is 9.22. The highest BCUT2D eigenvalue weighted by molar-refractivity contribution is 5.97. The number of amides is 1. The van der Waals surface area contributed by atoms with E-state index >= 15 is 0 Å². The summed E-state index contributed by atoms with van der Waals surface area (Å²) in [7, 11) is 0. The molecule has 1 aliphatic heterocycles. The molecule has 0 aromatic carbocycles. The fourth-order valence-electron chi connectivity index (χ4n) is 3.13. The molecular weight excluding hydrogens is 273 g/mol. The number of halogens is 3. The van der Waals surface area contributed by atoms with E-state index in [-0.39, 0.29) is 17.2 Å². The molecule has 0 unspecified atom stereocenters. The van der Waals surface area contributed by atoms with Crippen molar-refractivity contribution in [1.29, 1.82) is 0 Å². The average Bonchev–Trinajstić information content (AvgIpc) is 2.82. The van der Waals surface area contributed by atoms with Gasteiger partial charge in [-0.15, -0.1) is 0 Å². The van der Waals surface area contributed by atoms with Crippen molar-refractivity contribution in [3.8, 4) is 0 Å². The van der Waals surface area contributed by atoms with Gasteiger partial charge in [0.25, 0.3) is 5.91 Å². The van der Waals surface area contributed by atoms with Gasteiger partial charge in [-0.1, -0.05) is 0 Å². The molecule has 2 fully saturated rings. The van der Waals surface area contributed by atoms with E-state index in [1.165, 1.54) is 11.8 Å². The van der Waals surface area contributed by atoms with E-state index in [0.29, 0.717) is 19.4 Å². The first-order valence-corrected chi connectivity index (χ1v) is 6.46. The van der Waals surface area contributed by atoms with Crippen molar-refractivity contribution in [3.63, 3.8) is 0 Å². The Balaban J connectivity index is 1.90. The summed E-state index contributed by atoms with van der Waals surface area (Å²) in [6.45, 7) is 2.11. The normalized spacial score (nSPS) is 29.2. The summed E-state index contributed by atoms with van der Waals surface area (Å²) in [5, 5.41) is 0. The van der Waals surface area contributed by atoms with Gasteiger partial charge in [-0.05, 0) is 25.7 Å². The molecule has 1 aliphatic carbocycles. The molecule has 0 radical (unpaired) electrons. The fraction of sp³-hybridized carbons (Fsp3) is 0.615. The van der Waals surface area contributed by atoms with Crippen LogP contribution in [0.15, 0.2) is 10.7 Å². The number of alkyl halides is 3. The lowest BCUT2D eigenvalue weighted by molar-refractivity contribution is -0.138. The van der Waals surface area contributed by atoms with Crippen LogP contribution in [-0.2, 0) is 6.18 Å². The summed E-state index contributed by atoms with van der Waals surface area (Å²) < 4.78 is 43.5. The van der Waals surface area contributed by atoms with E-state index in [1.807, 2.05) is 0 Å². The third-order valence-electron chi connectivity index (χ3n) is 4.48. The van der Waals surface area contributed by atoms with Gasteiger partial charge in [0.05, 0.1) is 5.56 Å². The number of likely N-dealkylation sites (tertiary alicyclic amines) is 1. The van der Waals surface area contributed by atoms with Crippen LogP contribution in [0.4, 0.5) is 13.2 Å². The van der Waals surface area contributed by atoms with E-state index in [9.17, 15) is 18.0 Å². The van der Waals surface area contributed by atoms with Gasteiger partial charge in [-0.2, -0.15) is 13.2 Å². The van der Waals surface area contributed by atoms with Gasteiger partial charge in [0, 0.05) is 18.6 Å². The van der Waals surface area contributed by atoms with Gasteiger partial charge in [-0.3, -0.25) is 4.79 Å². The number of carbonyl (C=O) groups is 1. The largest absolute Gasteiger partial charge is 0.468 e. The molecule has 2 atom stereocenters. The minimum absolute atomic E-state index is 0.00681. The second-order valence-corrected chi connectivity index (χ2v) is 5.73. The smallest absolute Gasteiger partial charge is 0.420 e. The Hall–Kier alpha value is -1.50. The number of carbonyl (C=O) groups excluding carboxylic acids is 1. The Bertz CT molecular complexity index is 566. The first-order valence-electron chi connectivity index (χ1n) is 6.46. The zero-order valence-electron chi connectivity index (χ0n) is 11.0. The Morgan fingerprint density at radius 1 is 1.55 bits per heavy atom. The van der Waals surface area contributed by atoms with Crippen molar-refractivity contribution < 1.29 is 22.4 Å². The van der Waals surface area contributed by atoms with Crippen LogP contribution >= 0.6 is 0 Å². The zero-order valence-corrected chi connectivity index (χ0v) is 11.0. The highest BCUT2D eigenvalue weighted by Crippen LogP contribution is 2.43. The summed E-state index contributed by atoms with van der Waals surface area (Å²) in [4.78, 5) is 13.8. The number of fused-ring (bicyclic) bond motifs is 1. The summed E-state index contributed by atoms with van der Waals surface area (Å²) in [5.74, 6) is -0.441. The molecule has 0 spiro atoms. The van der Waals surface area contributed by atoms with Crippen LogP contribution in [0.5, 0.6) is 0 Å². The molecule has 1 saturated heterocycles. The van der Waals surface area contributed by atoms with Crippen molar-refractivity contribution in [3.05, 3.63) is 23.2 Å². The third-order valence-corrected chi connectivity index (χ3v) is 4.48. The number of hydrogen-bond donors (Lipinski definition) is 1. The SMILES string of the molecule is Cc1occ(C(F)(F)F)c1C(=O)N1C[C@@H]2CC[C@]2(N)C1. The molecule has 110 valence electrons. The maximum Gasteiger partial charge on any atom is 0.420 e. The minimum Gasteiger partial charge on any atom is -0.468 e. The topological polar surface area (TPSA) is 59.5 Å². The molecular formula is C13H15F3N2O2. The van der Waals surface area contributed by atoms with E-state index in [0.717, 1.165) is 12.8 Å². The fourth-order valence-corrected chi connectivity index (χ4v) is 3.13. The Labute approximate surface area is 113 Å². The summed E-state index contributed by atoms with van der Waals surface area (Å²) >= 11 is 0. The van der Waals surface area contributed by atoms with Crippen LogP contribution in [0.25, 0.3) is 0 Å². The molecule has 1 aromatic rings. The number of nitrogens with zero attached hydrogens (tertiary/aromatic N) is 1. The van der Waals surface area contributed by atoms with E-state index in [2.05, 4.69) is 0 Å². The molecule has 2 N–H and O–H groups in total. The summed E-state index contributed by atoms with van der Waals surface area (Å²) in [6, 6.07) is 0. The van der Waals surface area contributed by atoms with Crippen LogP contribution in [0.1, 0.15) is 34.5 Å². The average molecular weight is 288 g/mol. The molecule has 1 saturated carbocycles. The van der Waals surface area contributed by atoms with Crippen LogP contribution < -0.4 is 5.73 Å². The van der Waals surface area contributed by atoms with E-state index in [4.69, 9.17) is 10.2 Å². The van der Waals surface area contributed by atoms with Crippen molar-refractivity contribution in [1.82, 2.24) is 4.90 Å². The monoisotopic (exact) mass is 288 g/mol. The molecule has 0 bridgehead atoms. The van der Waals surface area contributed by atoms with Gasteiger partial charge in [0.2, 0.25) is 0 Å². The number of rotatable bonds is 1. The zero-order chi connectivity index (χ0) is 14.7. The van der Waals surface area contributed by atoms with E-state index in [1.54, 1.807) is 0 Å². The lowest BCUT2D eigenvalue weighted by Gasteiger charge is -2.39. The van der Waals surface area contributed by atoms with Crippen LogP contribution in [-0.4, -0.2) is 29.4 Å². The van der Waals surface area contributed by atoms with Gasteiger partial charge >= 0.3 is 6.18 Å². The number of hydrogen-bond acceptors (Lipinski definition) is 3. The molecule has 20 heavy (non-hydrogen) atoms. The maximum absolute atomic E-state index is 12.9. The predicted octanol–water partition coefficient (Wildman–Crippen LogP) is 2.17. The van der Waals surface area contributed by atoms with Crippen molar-refractivity contribution in [2.24, 2.45) is 11.7 Å². The number of nitrogens with two attached hydrogens (primary N) is 1. The molecule has 2 aliphatic rings. The van der Waals surface area contributed by atoms with Crippen molar-refractivity contribution in [2.45, 2.75) is 31.5 Å². The summed E-state index contributed by atoms with van der Waals surface area (Å²) in [5.41, 5.74) is 4.31. The van der Waals surface area contributed by atoms with Crippen LogP contribution in [0, 0.1) is 12.8 Å². The van der Waals surface area contributed by atoms with Crippen LogP contribution in [0.2, 0.25) is 0 Å². The van der Waals surface area contributed by atoms with E-state index < -0.39 is 23.2 Å². The quantitative estimate of drug-likeness (QED) is 0.861. The Morgan fingerprint density at radius 3 is 2.70 bits per heavy atom. The summed E-state index contributed by atoms with van der Waals surface area (Å²) in [6.07, 6.45) is -2.25. The Morgan fingerprint density at radius 2 is 2.25 bits per heavy atom. The molecule has 7 heteroatoms. The van der Waals surface area contributed by atoms with Gasteiger partial charge in [0.1, 0.15) is 17.6 Å². The van der Waals surface area contributed by atoms with Gasteiger partial charge in [0.15, 0.2) is 0 Å². The van der Waals surface area contributed by atoms with Gasteiger partial charge in [-0.25, -0.2) is 0 Å². The lowest BCUT2D eigenvalue weighted by atomic mass is 9.70. The number of aryl methyl sites for hydroxylation is 1.